The number of aromatic amines is 1. The zero-order chi connectivity index (χ0) is 10.8. The topological polar surface area (TPSA) is 25.0 Å². The molecule has 1 aliphatic carbocycles. The quantitative estimate of drug-likeness (QED) is 0.808. The third kappa shape index (κ3) is 1.63. The average molecular weight is 211 g/mol. The van der Waals surface area contributed by atoms with Crippen LogP contribution in [0.3, 0.4) is 0 Å². The fraction of sp³-hybridized carbons (Fsp3) is 0.143. The van der Waals surface area contributed by atoms with Crippen LogP contribution < -0.4 is 4.74 Å². The van der Waals surface area contributed by atoms with Gasteiger partial charge in [0.05, 0.1) is 5.52 Å². The van der Waals surface area contributed by atoms with Crippen molar-refractivity contribution in [1.29, 1.82) is 0 Å². The van der Waals surface area contributed by atoms with Crippen molar-refractivity contribution >= 4 is 10.9 Å². The molecular formula is C14H13NO. The Kier molecular flexibility index (Phi) is 2.26. The summed E-state index contributed by atoms with van der Waals surface area (Å²) in [7, 11) is 0. The number of benzene rings is 1. The van der Waals surface area contributed by atoms with Gasteiger partial charge in [-0.25, -0.2) is 0 Å². The lowest BCUT2D eigenvalue weighted by Crippen LogP contribution is -2.13. The number of hydrogen-bond donors (Lipinski definition) is 1. The largest absolute Gasteiger partial charge is 0.484 e. The Balaban J connectivity index is 1.91. The Labute approximate surface area is 94.2 Å². The smallest absolute Gasteiger partial charge is 0.144 e. The van der Waals surface area contributed by atoms with Crippen LogP contribution in [0.1, 0.15) is 6.42 Å². The average Bonchev–Trinajstić information content (AvgIpc) is 2.80. The zero-order valence-electron chi connectivity index (χ0n) is 8.89. The minimum Gasteiger partial charge on any atom is -0.484 e. The van der Waals surface area contributed by atoms with Crippen LogP contribution in [0.5, 0.6) is 5.75 Å². The van der Waals surface area contributed by atoms with Gasteiger partial charge in [0, 0.05) is 18.0 Å². The van der Waals surface area contributed by atoms with Gasteiger partial charge in [0.25, 0.3) is 0 Å². The Morgan fingerprint density at radius 1 is 1.19 bits per heavy atom. The molecule has 0 unspecified atom stereocenters. The van der Waals surface area contributed by atoms with Crippen LogP contribution in [0.2, 0.25) is 0 Å². The molecule has 0 aliphatic heterocycles. The molecule has 0 spiro atoms. The van der Waals surface area contributed by atoms with Gasteiger partial charge in [-0.15, -0.1) is 0 Å². The number of ether oxygens (including phenoxy) is 1. The number of nitrogens with one attached hydrogen (secondary N) is 1. The van der Waals surface area contributed by atoms with Crippen LogP contribution >= 0.6 is 0 Å². The highest BCUT2D eigenvalue weighted by Crippen LogP contribution is 2.25. The lowest BCUT2D eigenvalue weighted by molar-refractivity contribution is 0.254. The van der Waals surface area contributed by atoms with E-state index in [1.54, 1.807) is 0 Å². The van der Waals surface area contributed by atoms with Crippen molar-refractivity contribution in [2.24, 2.45) is 0 Å². The summed E-state index contributed by atoms with van der Waals surface area (Å²) < 4.78 is 5.96. The molecule has 2 heteroatoms. The number of fused-ring (bicyclic) bond motifs is 1. The number of aromatic nitrogens is 1. The Morgan fingerprint density at radius 3 is 3.06 bits per heavy atom. The highest BCUT2D eigenvalue weighted by atomic mass is 16.5. The predicted molar refractivity (Wildman–Crippen MR) is 65.6 cm³/mol. The maximum atomic E-state index is 5.96. The number of hydrogen-bond acceptors (Lipinski definition) is 1. The normalized spacial score (nSPS) is 19.1. The van der Waals surface area contributed by atoms with E-state index >= 15 is 0 Å². The predicted octanol–water partition coefficient (Wildman–Crippen LogP) is 3.43. The van der Waals surface area contributed by atoms with Gasteiger partial charge < -0.3 is 9.72 Å². The van der Waals surface area contributed by atoms with Crippen LogP contribution in [0.4, 0.5) is 0 Å². The molecule has 1 aromatic carbocycles. The standard InChI is InChI=1S/C14H13NO/c1-2-6-12(7-3-1)16-13-8-4-5-11-9-10-15-14(11)13/h1-6,8-10,12,15H,7H2/t12-/m0/s1. The maximum Gasteiger partial charge on any atom is 0.144 e. The molecule has 1 aliphatic rings. The number of H-pyrrole nitrogens is 1. The van der Waals surface area contributed by atoms with E-state index in [9.17, 15) is 0 Å². The first kappa shape index (κ1) is 9.28. The van der Waals surface area contributed by atoms with Gasteiger partial charge in [0.1, 0.15) is 11.9 Å². The molecule has 0 radical (unpaired) electrons. The number of allylic oxidation sites excluding steroid dienone is 2. The van der Waals surface area contributed by atoms with Crippen LogP contribution in [0, 0.1) is 0 Å². The van der Waals surface area contributed by atoms with Crippen molar-refractivity contribution < 1.29 is 4.74 Å². The Hall–Kier alpha value is -1.96. The molecule has 0 fully saturated rings. The first-order valence-corrected chi connectivity index (χ1v) is 5.49. The van der Waals surface area contributed by atoms with Crippen molar-refractivity contribution in [2.45, 2.75) is 12.5 Å². The van der Waals surface area contributed by atoms with Crippen molar-refractivity contribution in [2.75, 3.05) is 0 Å². The van der Waals surface area contributed by atoms with E-state index < -0.39 is 0 Å². The summed E-state index contributed by atoms with van der Waals surface area (Å²) in [5.74, 6) is 0.924. The first-order valence-electron chi connectivity index (χ1n) is 5.49. The summed E-state index contributed by atoms with van der Waals surface area (Å²) >= 11 is 0. The SMILES string of the molecule is C1=CC[C@@H](Oc2cccc3cc[nH]c23)C=C1. The van der Waals surface area contributed by atoms with Gasteiger partial charge in [-0.3, -0.25) is 0 Å². The maximum absolute atomic E-state index is 5.96. The summed E-state index contributed by atoms with van der Waals surface area (Å²) in [5.41, 5.74) is 1.07. The monoisotopic (exact) mass is 211 g/mol. The Morgan fingerprint density at radius 2 is 2.19 bits per heavy atom. The second-order valence-corrected chi connectivity index (χ2v) is 3.90. The molecule has 0 saturated carbocycles. The molecular weight excluding hydrogens is 198 g/mol. The zero-order valence-corrected chi connectivity index (χ0v) is 8.89. The van der Waals surface area contributed by atoms with Crippen molar-refractivity contribution in [3.63, 3.8) is 0 Å². The van der Waals surface area contributed by atoms with Gasteiger partial charge in [0.15, 0.2) is 0 Å². The molecule has 16 heavy (non-hydrogen) atoms. The summed E-state index contributed by atoms with van der Waals surface area (Å²) in [6.45, 7) is 0. The minimum absolute atomic E-state index is 0.152. The molecule has 0 bridgehead atoms. The van der Waals surface area contributed by atoms with E-state index in [0.29, 0.717) is 0 Å². The molecule has 1 atom stereocenters. The van der Waals surface area contributed by atoms with Crippen molar-refractivity contribution in [3.8, 4) is 5.75 Å². The second-order valence-electron chi connectivity index (χ2n) is 3.90. The highest BCUT2D eigenvalue weighted by molar-refractivity contribution is 5.85. The van der Waals surface area contributed by atoms with E-state index in [4.69, 9.17) is 4.74 Å². The van der Waals surface area contributed by atoms with Gasteiger partial charge in [-0.05, 0) is 18.2 Å². The van der Waals surface area contributed by atoms with Crippen LogP contribution in [-0.2, 0) is 0 Å². The molecule has 2 aromatic rings. The molecule has 3 rings (SSSR count). The van der Waals surface area contributed by atoms with E-state index in [1.165, 1.54) is 5.39 Å². The molecule has 80 valence electrons. The van der Waals surface area contributed by atoms with Gasteiger partial charge in [-0.2, -0.15) is 0 Å². The number of para-hydroxylation sites is 1. The van der Waals surface area contributed by atoms with Crippen LogP contribution in [0.25, 0.3) is 10.9 Å². The third-order valence-corrected chi connectivity index (χ3v) is 2.77. The summed E-state index contributed by atoms with van der Waals surface area (Å²) in [6.07, 6.45) is 11.3. The summed E-state index contributed by atoms with van der Waals surface area (Å²) in [4.78, 5) is 3.21. The highest BCUT2D eigenvalue weighted by Gasteiger charge is 2.09. The molecule has 1 heterocycles. The number of rotatable bonds is 2. The van der Waals surface area contributed by atoms with E-state index in [2.05, 4.69) is 35.3 Å². The van der Waals surface area contributed by atoms with Gasteiger partial charge >= 0.3 is 0 Å². The van der Waals surface area contributed by atoms with Gasteiger partial charge in [0.2, 0.25) is 0 Å². The summed E-state index contributed by atoms with van der Waals surface area (Å²) in [6, 6.07) is 8.16. The third-order valence-electron chi connectivity index (χ3n) is 2.77. The molecule has 1 aromatic heterocycles. The molecule has 0 saturated heterocycles. The van der Waals surface area contributed by atoms with Crippen molar-refractivity contribution in [1.82, 2.24) is 4.98 Å². The van der Waals surface area contributed by atoms with E-state index in [1.807, 2.05) is 24.4 Å². The van der Waals surface area contributed by atoms with Crippen LogP contribution in [0.15, 0.2) is 54.8 Å². The lowest BCUT2D eigenvalue weighted by atomic mass is 10.1. The summed E-state index contributed by atoms with van der Waals surface area (Å²) in [5, 5.41) is 1.19. The molecule has 1 N–H and O–H groups in total. The fourth-order valence-electron chi connectivity index (χ4n) is 1.96. The van der Waals surface area contributed by atoms with Crippen molar-refractivity contribution in [3.05, 3.63) is 54.8 Å². The minimum atomic E-state index is 0.152. The van der Waals surface area contributed by atoms with E-state index in [-0.39, 0.29) is 6.10 Å². The fourth-order valence-corrected chi connectivity index (χ4v) is 1.96. The Bertz CT molecular complexity index is 551. The first-order chi connectivity index (χ1) is 7.93. The lowest BCUT2D eigenvalue weighted by Gasteiger charge is -2.16. The van der Waals surface area contributed by atoms with E-state index in [0.717, 1.165) is 17.7 Å². The van der Waals surface area contributed by atoms with Crippen LogP contribution in [-0.4, -0.2) is 11.1 Å². The molecule has 0 amide bonds. The second kappa shape index (κ2) is 3.89. The van der Waals surface area contributed by atoms with Gasteiger partial charge in [-0.1, -0.05) is 30.4 Å². The molecule has 2 nitrogen and oxygen atoms in total.